The van der Waals surface area contributed by atoms with Crippen LogP contribution in [0.15, 0.2) is 0 Å². The van der Waals surface area contributed by atoms with Gasteiger partial charge in [0.15, 0.2) is 0 Å². The second-order valence-electron chi connectivity index (χ2n) is 3.34. The number of carbonyl (C=O) groups excluding carboxylic acids is 1. The molecule has 1 N–H and O–H groups in total. The molecule has 0 aromatic carbocycles. The van der Waals surface area contributed by atoms with Crippen molar-refractivity contribution in [2.75, 3.05) is 19.6 Å². The average Bonchev–Trinajstić information content (AvgIpc) is 2.25. The van der Waals surface area contributed by atoms with Gasteiger partial charge in [-0.05, 0) is 19.4 Å². The molecule has 0 radical (unpaired) electrons. The van der Waals surface area contributed by atoms with Gasteiger partial charge in [-0.1, -0.05) is 0 Å². The molecule has 3 heteroatoms. The van der Waals surface area contributed by atoms with Gasteiger partial charge in [-0.3, -0.25) is 4.79 Å². The van der Waals surface area contributed by atoms with Crippen molar-refractivity contribution in [3.63, 3.8) is 0 Å². The molecule has 1 unspecified atom stereocenters. The number of hydrogen-bond donors (Lipinski definition) is 1. The Labute approximate surface area is 66.8 Å². The first-order valence-corrected chi connectivity index (χ1v) is 4.38. The highest BCUT2D eigenvalue weighted by Gasteiger charge is 2.30. The van der Waals surface area contributed by atoms with E-state index in [1.807, 2.05) is 4.90 Å². The zero-order valence-electron chi connectivity index (χ0n) is 6.68. The number of rotatable bonds is 0. The topological polar surface area (TPSA) is 32.3 Å². The van der Waals surface area contributed by atoms with Crippen LogP contribution in [0.4, 0.5) is 0 Å². The molecule has 1 amide bonds. The van der Waals surface area contributed by atoms with Crippen molar-refractivity contribution in [3.8, 4) is 0 Å². The summed E-state index contributed by atoms with van der Waals surface area (Å²) in [6.45, 7) is 3.04. The van der Waals surface area contributed by atoms with Crippen LogP contribution in [0.2, 0.25) is 0 Å². The minimum Gasteiger partial charge on any atom is -0.338 e. The van der Waals surface area contributed by atoms with Crippen molar-refractivity contribution in [2.24, 2.45) is 0 Å². The molecule has 0 saturated carbocycles. The molecule has 0 aromatic rings. The van der Waals surface area contributed by atoms with Crippen molar-refractivity contribution >= 4 is 5.91 Å². The van der Waals surface area contributed by atoms with Crippen LogP contribution in [0, 0.1) is 0 Å². The lowest BCUT2D eigenvalue weighted by molar-refractivity contribution is -0.128. The highest BCUT2D eigenvalue weighted by molar-refractivity contribution is 5.78. The third-order valence-corrected chi connectivity index (χ3v) is 2.59. The van der Waals surface area contributed by atoms with Crippen molar-refractivity contribution in [3.05, 3.63) is 0 Å². The maximum Gasteiger partial charge on any atom is 0.222 e. The molecule has 2 aliphatic rings. The van der Waals surface area contributed by atoms with Gasteiger partial charge in [-0.25, -0.2) is 0 Å². The highest BCUT2D eigenvalue weighted by atomic mass is 16.2. The Morgan fingerprint density at radius 1 is 1.55 bits per heavy atom. The number of carbonyl (C=O) groups is 1. The van der Waals surface area contributed by atoms with E-state index in [-0.39, 0.29) is 0 Å². The standard InChI is InChI=1S/C8H14N2O/c11-8-3-2-7-6-9-4-1-5-10(7)8/h7,9H,1-6H2. The zero-order chi connectivity index (χ0) is 7.68. The molecular weight excluding hydrogens is 140 g/mol. The van der Waals surface area contributed by atoms with Crippen LogP contribution < -0.4 is 5.32 Å². The number of hydrogen-bond acceptors (Lipinski definition) is 2. The SMILES string of the molecule is O=C1CCC2CNCCCN12. The van der Waals surface area contributed by atoms with E-state index in [0.717, 1.165) is 38.9 Å². The largest absolute Gasteiger partial charge is 0.338 e. The minimum absolute atomic E-state index is 0.360. The first-order valence-electron chi connectivity index (χ1n) is 4.38. The average molecular weight is 154 g/mol. The van der Waals surface area contributed by atoms with E-state index < -0.39 is 0 Å². The summed E-state index contributed by atoms with van der Waals surface area (Å²) < 4.78 is 0. The summed E-state index contributed by atoms with van der Waals surface area (Å²) in [6.07, 6.45) is 2.94. The normalized spacial score (nSPS) is 31.8. The second-order valence-corrected chi connectivity index (χ2v) is 3.34. The molecule has 0 spiro atoms. The smallest absolute Gasteiger partial charge is 0.222 e. The summed E-state index contributed by atoms with van der Waals surface area (Å²) >= 11 is 0. The second kappa shape index (κ2) is 2.81. The molecule has 2 rings (SSSR count). The lowest BCUT2D eigenvalue weighted by Gasteiger charge is -2.20. The first kappa shape index (κ1) is 7.10. The summed E-state index contributed by atoms with van der Waals surface area (Å²) in [7, 11) is 0. The maximum absolute atomic E-state index is 11.3. The van der Waals surface area contributed by atoms with Crippen LogP contribution in [0.5, 0.6) is 0 Å². The van der Waals surface area contributed by atoms with Gasteiger partial charge in [0, 0.05) is 25.6 Å². The van der Waals surface area contributed by atoms with Crippen molar-refractivity contribution < 1.29 is 4.79 Å². The van der Waals surface area contributed by atoms with E-state index in [1.54, 1.807) is 0 Å². The van der Waals surface area contributed by atoms with E-state index in [4.69, 9.17) is 0 Å². The van der Waals surface area contributed by atoms with Gasteiger partial charge in [-0.2, -0.15) is 0 Å². The summed E-state index contributed by atoms with van der Waals surface area (Å²) in [6, 6.07) is 0.505. The van der Waals surface area contributed by atoms with Gasteiger partial charge in [0.1, 0.15) is 0 Å². The molecule has 11 heavy (non-hydrogen) atoms. The predicted octanol–water partition coefficient (Wildman–Crippen LogP) is -0.0293. The number of nitrogens with zero attached hydrogens (tertiary/aromatic N) is 1. The van der Waals surface area contributed by atoms with Crippen LogP contribution in [0.3, 0.4) is 0 Å². The molecule has 0 aliphatic carbocycles. The Morgan fingerprint density at radius 2 is 2.45 bits per heavy atom. The Kier molecular flexibility index (Phi) is 1.82. The monoisotopic (exact) mass is 154 g/mol. The van der Waals surface area contributed by atoms with E-state index in [1.165, 1.54) is 0 Å². The number of amides is 1. The predicted molar refractivity (Wildman–Crippen MR) is 42.2 cm³/mol. The zero-order valence-corrected chi connectivity index (χ0v) is 6.68. The Bertz CT molecular complexity index is 169. The van der Waals surface area contributed by atoms with E-state index in [2.05, 4.69) is 5.32 Å². The van der Waals surface area contributed by atoms with Gasteiger partial charge in [0.2, 0.25) is 5.91 Å². The minimum atomic E-state index is 0.360. The molecule has 2 aliphatic heterocycles. The highest BCUT2D eigenvalue weighted by Crippen LogP contribution is 2.19. The van der Waals surface area contributed by atoms with Crippen molar-refractivity contribution in [1.29, 1.82) is 0 Å². The van der Waals surface area contributed by atoms with Crippen molar-refractivity contribution in [2.45, 2.75) is 25.3 Å². The molecule has 1 atom stereocenters. The summed E-state index contributed by atoms with van der Waals surface area (Å²) in [5.41, 5.74) is 0. The molecule has 2 heterocycles. The van der Waals surface area contributed by atoms with Crippen LogP contribution in [0.1, 0.15) is 19.3 Å². The third-order valence-electron chi connectivity index (χ3n) is 2.59. The van der Waals surface area contributed by atoms with Crippen LogP contribution in [0.25, 0.3) is 0 Å². The fraction of sp³-hybridized carbons (Fsp3) is 0.875. The molecule has 62 valence electrons. The van der Waals surface area contributed by atoms with Crippen LogP contribution in [-0.2, 0) is 4.79 Å². The maximum atomic E-state index is 11.3. The van der Waals surface area contributed by atoms with Gasteiger partial charge >= 0.3 is 0 Å². The molecule has 2 saturated heterocycles. The third kappa shape index (κ3) is 1.25. The van der Waals surface area contributed by atoms with Gasteiger partial charge in [0.25, 0.3) is 0 Å². The summed E-state index contributed by atoms with van der Waals surface area (Å²) in [4.78, 5) is 13.3. The van der Waals surface area contributed by atoms with E-state index in [9.17, 15) is 4.79 Å². The fourth-order valence-electron chi connectivity index (χ4n) is 1.96. The Morgan fingerprint density at radius 3 is 3.36 bits per heavy atom. The number of nitrogens with one attached hydrogen (secondary N) is 1. The Balaban J connectivity index is 2.06. The van der Waals surface area contributed by atoms with Gasteiger partial charge < -0.3 is 10.2 Å². The molecule has 0 aromatic heterocycles. The lowest BCUT2D eigenvalue weighted by Crippen LogP contribution is -2.36. The van der Waals surface area contributed by atoms with Gasteiger partial charge in [-0.15, -0.1) is 0 Å². The fourth-order valence-corrected chi connectivity index (χ4v) is 1.96. The summed E-state index contributed by atoms with van der Waals surface area (Å²) in [5.74, 6) is 0.360. The number of fused-ring (bicyclic) bond motifs is 1. The van der Waals surface area contributed by atoms with Crippen LogP contribution in [-0.4, -0.2) is 36.5 Å². The quantitative estimate of drug-likeness (QED) is 0.531. The molecule has 0 bridgehead atoms. The van der Waals surface area contributed by atoms with Crippen LogP contribution >= 0.6 is 0 Å². The lowest BCUT2D eigenvalue weighted by atomic mass is 10.2. The Hall–Kier alpha value is -0.570. The van der Waals surface area contributed by atoms with Crippen molar-refractivity contribution in [1.82, 2.24) is 10.2 Å². The first-order chi connectivity index (χ1) is 5.38. The van der Waals surface area contributed by atoms with E-state index in [0.29, 0.717) is 11.9 Å². The molecule has 3 nitrogen and oxygen atoms in total. The summed E-state index contributed by atoms with van der Waals surface area (Å²) in [5, 5.41) is 3.35. The van der Waals surface area contributed by atoms with E-state index >= 15 is 0 Å². The molecular formula is C8H14N2O. The van der Waals surface area contributed by atoms with Gasteiger partial charge in [0.05, 0.1) is 0 Å². The molecule has 2 fully saturated rings.